The van der Waals surface area contributed by atoms with Crippen molar-refractivity contribution in [3.63, 3.8) is 0 Å². The third-order valence-electron chi connectivity index (χ3n) is 3.21. The van der Waals surface area contributed by atoms with Crippen LogP contribution in [-0.2, 0) is 0 Å². The molecule has 2 N–H and O–H groups in total. The van der Waals surface area contributed by atoms with Crippen molar-refractivity contribution in [3.05, 3.63) is 41.8 Å². The van der Waals surface area contributed by atoms with Gasteiger partial charge < -0.3 is 14.9 Å². The summed E-state index contributed by atoms with van der Waals surface area (Å²) in [6, 6.07) is 6.73. The number of nitrogen functional groups attached to an aromatic ring is 1. The topological polar surface area (TPSA) is 91.2 Å². The molecule has 0 spiro atoms. The summed E-state index contributed by atoms with van der Waals surface area (Å²) < 4.78 is 10.6. The highest BCUT2D eigenvalue weighted by Crippen LogP contribution is 2.29. The number of fused-ring (bicyclic) bond motifs is 1. The molecule has 112 valence electrons. The number of anilines is 1. The molecule has 0 aliphatic carbocycles. The van der Waals surface area contributed by atoms with Gasteiger partial charge in [-0.15, -0.1) is 0 Å². The Morgan fingerprint density at radius 1 is 1.32 bits per heavy atom. The fourth-order valence-corrected chi connectivity index (χ4v) is 2.36. The van der Waals surface area contributed by atoms with Crippen LogP contribution >= 0.6 is 11.8 Å². The Hall–Kier alpha value is -2.54. The van der Waals surface area contributed by atoms with Gasteiger partial charge in [0, 0.05) is 11.8 Å². The summed E-state index contributed by atoms with van der Waals surface area (Å²) >= 11 is 1.39. The number of hydrogen-bond donors (Lipinski definition) is 1. The van der Waals surface area contributed by atoms with Crippen molar-refractivity contribution in [3.8, 4) is 5.75 Å². The number of rotatable bonds is 4. The van der Waals surface area contributed by atoms with Gasteiger partial charge in [0.25, 0.3) is 0 Å². The van der Waals surface area contributed by atoms with Crippen LogP contribution in [0, 0.1) is 0 Å². The SMILES string of the molecule is COc1ccc(C(=O)c2oc3nc(SC)ncc3c2N)cc1. The maximum absolute atomic E-state index is 12.5. The second-order valence-corrected chi connectivity index (χ2v) is 5.25. The lowest BCUT2D eigenvalue weighted by atomic mass is 10.1. The third-order valence-corrected chi connectivity index (χ3v) is 3.77. The van der Waals surface area contributed by atoms with Crippen molar-refractivity contribution >= 4 is 34.3 Å². The van der Waals surface area contributed by atoms with Crippen LogP contribution in [0.25, 0.3) is 11.1 Å². The van der Waals surface area contributed by atoms with Gasteiger partial charge in [0.05, 0.1) is 18.2 Å². The maximum atomic E-state index is 12.5. The number of thioether (sulfide) groups is 1. The molecule has 2 aromatic heterocycles. The van der Waals surface area contributed by atoms with Gasteiger partial charge in [-0.3, -0.25) is 4.79 Å². The lowest BCUT2D eigenvalue weighted by Gasteiger charge is -2.01. The highest BCUT2D eigenvalue weighted by molar-refractivity contribution is 7.98. The molecule has 22 heavy (non-hydrogen) atoms. The number of ether oxygens (including phenoxy) is 1. The van der Waals surface area contributed by atoms with Crippen LogP contribution in [0.3, 0.4) is 0 Å². The molecule has 0 saturated carbocycles. The summed E-state index contributed by atoms with van der Waals surface area (Å²) in [5.41, 5.74) is 7.03. The first-order chi connectivity index (χ1) is 10.6. The normalized spacial score (nSPS) is 10.8. The van der Waals surface area contributed by atoms with E-state index >= 15 is 0 Å². The zero-order valence-electron chi connectivity index (χ0n) is 12.0. The van der Waals surface area contributed by atoms with Gasteiger partial charge in [0.1, 0.15) is 5.75 Å². The number of nitrogens with two attached hydrogens (primary N) is 1. The van der Waals surface area contributed by atoms with Crippen LogP contribution in [0.4, 0.5) is 5.69 Å². The van der Waals surface area contributed by atoms with Crippen molar-refractivity contribution in [2.24, 2.45) is 0 Å². The molecule has 0 atom stereocenters. The molecule has 0 saturated heterocycles. The Morgan fingerprint density at radius 2 is 2.05 bits per heavy atom. The molecule has 0 amide bonds. The molecular formula is C15H13N3O3S. The van der Waals surface area contributed by atoms with E-state index < -0.39 is 0 Å². The summed E-state index contributed by atoms with van der Waals surface area (Å²) in [6.45, 7) is 0. The molecule has 3 aromatic rings. The average Bonchev–Trinajstić information content (AvgIpc) is 2.90. The van der Waals surface area contributed by atoms with Gasteiger partial charge in [-0.25, -0.2) is 4.98 Å². The number of hydrogen-bond acceptors (Lipinski definition) is 7. The van der Waals surface area contributed by atoms with Crippen LogP contribution in [0.5, 0.6) is 5.75 Å². The zero-order chi connectivity index (χ0) is 15.7. The van der Waals surface area contributed by atoms with Crippen LogP contribution in [0.1, 0.15) is 16.1 Å². The predicted molar refractivity (Wildman–Crippen MR) is 84.4 cm³/mol. The average molecular weight is 315 g/mol. The van der Waals surface area contributed by atoms with Crippen LogP contribution in [0.2, 0.25) is 0 Å². The van der Waals surface area contributed by atoms with Crippen molar-refractivity contribution in [2.75, 3.05) is 19.1 Å². The molecule has 0 unspecified atom stereocenters. The van der Waals surface area contributed by atoms with Crippen molar-refractivity contribution in [1.29, 1.82) is 0 Å². The van der Waals surface area contributed by atoms with E-state index in [4.69, 9.17) is 14.9 Å². The van der Waals surface area contributed by atoms with Gasteiger partial charge in [-0.2, -0.15) is 4.98 Å². The largest absolute Gasteiger partial charge is 0.497 e. The molecule has 0 aliphatic heterocycles. The van der Waals surface area contributed by atoms with E-state index in [1.165, 1.54) is 11.8 Å². The summed E-state index contributed by atoms with van der Waals surface area (Å²) in [7, 11) is 1.57. The predicted octanol–water partition coefficient (Wildman–Crippen LogP) is 2.77. The molecule has 0 bridgehead atoms. The molecule has 0 fully saturated rings. The monoisotopic (exact) mass is 315 g/mol. The second kappa shape index (κ2) is 5.69. The lowest BCUT2D eigenvalue weighted by Crippen LogP contribution is -2.02. The minimum atomic E-state index is -0.302. The van der Waals surface area contributed by atoms with Gasteiger partial charge in [-0.05, 0) is 30.5 Å². The molecular weight excluding hydrogens is 302 g/mol. The standard InChI is InChI=1S/C15H13N3O3S/c1-20-9-5-3-8(4-6-9)12(19)13-11(16)10-7-17-15(22-2)18-14(10)21-13/h3-7H,16H2,1-2H3. The zero-order valence-corrected chi connectivity index (χ0v) is 12.8. The summed E-state index contributed by atoms with van der Waals surface area (Å²) in [4.78, 5) is 20.9. The quantitative estimate of drug-likeness (QED) is 0.449. The Balaban J connectivity index is 2.04. The van der Waals surface area contributed by atoms with Crippen LogP contribution in [-0.4, -0.2) is 29.1 Å². The molecule has 1 aromatic carbocycles. The number of methoxy groups -OCH3 is 1. The number of nitrogens with zero attached hydrogens (tertiary/aromatic N) is 2. The third kappa shape index (κ3) is 2.39. The van der Waals surface area contributed by atoms with E-state index in [1.807, 2.05) is 6.26 Å². The van der Waals surface area contributed by atoms with Crippen LogP contribution < -0.4 is 10.5 Å². The molecule has 6 nitrogen and oxygen atoms in total. The smallest absolute Gasteiger partial charge is 0.233 e. The van der Waals surface area contributed by atoms with E-state index in [-0.39, 0.29) is 17.2 Å². The minimum Gasteiger partial charge on any atom is -0.497 e. The maximum Gasteiger partial charge on any atom is 0.233 e. The van der Waals surface area contributed by atoms with E-state index in [1.54, 1.807) is 37.6 Å². The number of aromatic nitrogens is 2. The minimum absolute atomic E-state index is 0.0766. The van der Waals surface area contributed by atoms with Crippen molar-refractivity contribution < 1.29 is 13.9 Å². The molecule has 3 rings (SSSR count). The highest BCUT2D eigenvalue weighted by atomic mass is 32.2. The van der Waals surface area contributed by atoms with E-state index in [0.717, 1.165) is 0 Å². The highest BCUT2D eigenvalue weighted by Gasteiger charge is 2.21. The molecule has 0 radical (unpaired) electrons. The van der Waals surface area contributed by atoms with Gasteiger partial charge in [0.15, 0.2) is 5.16 Å². The Labute approximate surface area is 130 Å². The number of carbonyl (C=O) groups is 1. The molecule has 7 heteroatoms. The number of furan rings is 1. The lowest BCUT2D eigenvalue weighted by molar-refractivity contribution is 0.101. The second-order valence-electron chi connectivity index (χ2n) is 4.48. The first-order valence-electron chi connectivity index (χ1n) is 6.41. The van der Waals surface area contributed by atoms with Crippen molar-refractivity contribution in [2.45, 2.75) is 5.16 Å². The Bertz CT molecular complexity index is 843. The number of carbonyl (C=O) groups excluding carboxylic acids is 1. The van der Waals surface area contributed by atoms with Gasteiger partial charge >= 0.3 is 0 Å². The first-order valence-corrected chi connectivity index (χ1v) is 7.64. The summed E-state index contributed by atoms with van der Waals surface area (Å²) in [5, 5.41) is 1.10. The first kappa shape index (κ1) is 14.4. The van der Waals surface area contributed by atoms with Gasteiger partial charge in [-0.1, -0.05) is 11.8 Å². The van der Waals surface area contributed by atoms with E-state index in [0.29, 0.717) is 27.6 Å². The Morgan fingerprint density at radius 3 is 2.68 bits per heavy atom. The molecule has 0 aliphatic rings. The Kier molecular flexibility index (Phi) is 3.72. The van der Waals surface area contributed by atoms with E-state index in [9.17, 15) is 4.79 Å². The number of benzene rings is 1. The van der Waals surface area contributed by atoms with E-state index in [2.05, 4.69) is 9.97 Å². The summed E-state index contributed by atoms with van der Waals surface area (Å²) in [5.74, 6) is 0.446. The fourth-order valence-electron chi connectivity index (χ4n) is 2.03. The molecule has 2 heterocycles. The summed E-state index contributed by atoms with van der Waals surface area (Å²) in [6.07, 6.45) is 3.43. The van der Waals surface area contributed by atoms with Crippen LogP contribution in [0.15, 0.2) is 40.0 Å². The van der Waals surface area contributed by atoms with Crippen molar-refractivity contribution in [1.82, 2.24) is 9.97 Å². The van der Waals surface area contributed by atoms with Gasteiger partial charge in [0.2, 0.25) is 17.3 Å². The fraction of sp³-hybridized carbons (Fsp3) is 0.133. The number of ketones is 1.